The minimum Gasteiger partial charge on any atom is -0.463 e. The Hall–Kier alpha value is -4.83. The van der Waals surface area contributed by atoms with Gasteiger partial charge in [0.1, 0.15) is 25.4 Å². The zero-order chi connectivity index (χ0) is 86.5. The number of aliphatic hydroxyl groups excluding tert-OH is 2. The first-order valence-electron chi connectivity index (χ1n) is 47.8. The first-order valence-corrected chi connectivity index (χ1v) is 50.8. The molecule has 0 amide bonds. The highest BCUT2D eigenvalue weighted by Gasteiger charge is 2.30. The molecule has 5 unspecified atom stereocenters. The first-order chi connectivity index (χ1) is 58.2. The van der Waals surface area contributed by atoms with Crippen molar-refractivity contribution in [3.8, 4) is 0 Å². The maximum absolute atomic E-state index is 13.1. The van der Waals surface area contributed by atoms with Crippen LogP contribution >= 0.6 is 15.6 Å². The van der Waals surface area contributed by atoms with Gasteiger partial charge in [0.2, 0.25) is 0 Å². The van der Waals surface area contributed by atoms with Crippen molar-refractivity contribution >= 4 is 33.6 Å². The van der Waals surface area contributed by atoms with Gasteiger partial charge >= 0.3 is 33.6 Å². The third-order valence-electron chi connectivity index (χ3n) is 20.2. The summed E-state index contributed by atoms with van der Waals surface area (Å²) in [5.41, 5.74) is 0. The number of carbonyl (C=O) groups is 3. The number of hydrogen-bond donors (Lipinski definition) is 4. The molecular formula is C101H174O16P2. The fourth-order valence-electron chi connectivity index (χ4n) is 13.0. The Morgan fingerprint density at radius 3 is 0.706 bits per heavy atom. The van der Waals surface area contributed by atoms with Gasteiger partial charge in [-0.15, -0.1) is 0 Å². The monoisotopic (exact) mass is 1710 g/mol. The molecule has 0 spiro atoms. The van der Waals surface area contributed by atoms with Crippen LogP contribution in [0.2, 0.25) is 0 Å². The number of ether oxygens (including phenoxy) is 3. The van der Waals surface area contributed by atoms with E-state index < -0.39 is 91.5 Å². The van der Waals surface area contributed by atoms with Gasteiger partial charge in [-0.25, -0.2) is 9.13 Å². The Kier molecular flexibility index (Phi) is 88.6. The molecule has 0 saturated carbocycles. The highest BCUT2D eigenvalue weighted by molar-refractivity contribution is 7.47. The minimum absolute atomic E-state index is 0.0895. The third kappa shape index (κ3) is 93.7. The minimum atomic E-state index is -4.95. The van der Waals surface area contributed by atoms with E-state index in [1.807, 2.05) is 0 Å². The normalized spacial score (nSPS) is 14.4. The standard InChI is InChI=1S/C101H174O16P2/c1-4-7-10-13-16-19-22-25-28-31-34-37-40-42-44-46-47-49-51-52-55-57-60-63-66-69-72-75-78-81-84-87-99(104)111-90-96(102)91-113-118(107,108)114-92-97(103)93-115-119(109,110)116-95-98(117-101(106)89-86-83-80-77-74-71-68-65-62-59-54-39-36-33-30-27-24-21-18-15-12-9-6-3)94-112-100(105)88-85-82-79-76-73-70-67-64-61-58-56-53-50-48-45-43-41-38-35-32-29-26-23-20-17-14-11-8-5-2/h7,10,16-21,25-30,34-39,42-45,59,62,96-98,102-103H,4-6,8-9,11-15,22-24,31-33,40-41,46-58,60-61,63-95H2,1-3H3,(H,107,108)(H,109,110)/b10-7-,19-16-,20-17-,21-18-,28-25-,29-26-,30-27-,37-34-,38-35-,39-36-,44-42-,45-43-,62-59-. The van der Waals surface area contributed by atoms with Crippen molar-refractivity contribution in [1.82, 2.24) is 0 Å². The molecule has 0 heterocycles. The van der Waals surface area contributed by atoms with E-state index >= 15 is 0 Å². The molecule has 0 saturated heterocycles. The van der Waals surface area contributed by atoms with Crippen LogP contribution < -0.4 is 0 Å². The van der Waals surface area contributed by atoms with Crippen molar-refractivity contribution < 1.29 is 75.8 Å². The van der Waals surface area contributed by atoms with Crippen LogP contribution in [0.25, 0.3) is 0 Å². The summed E-state index contributed by atoms with van der Waals surface area (Å²) in [7, 11) is -9.82. The molecule has 119 heavy (non-hydrogen) atoms. The lowest BCUT2D eigenvalue weighted by Gasteiger charge is -2.21. The number of aliphatic hydroxyl groups is 2. The van der Waals surface area contributed by atoms with E-state index in [4.69, 9.17) is 32.3 Å². The Balaban J connectivity index is 4.61. The quantitative estimate of drug-likeness (QED) is 0.0146. The van der Waals surface area contributed by atoms with Gasteiger partial charge in [-0.1, -0.05) is 391 Å². The largest absolute Gasteiger partial charge is 0.472 e. The Morgan fingerprint density at radius 1 is 0.244 bits per heavy atom. The van der Waals surface area contributed by atoms with Gasteiger partial charge in [0.15, 0.2) is 6.10 Å². The van der Waals surface area contributed by atoms with Gasteiger partial charge < -0.3 is 34.2 Å². The van der Waals surface area contributed by atoms with Crippen LogP contribution in [-0.4, -0.2) is 95.9 Å². The van der Waals surface area contributed by atoms with Crippen LogP contribution in [-0.2, 0) is 55.8 Å². The van der Waals surface area contributed by atoms with E-state index in [9.17, 15) is 43.5 Å². The third-order valence-corrected chi connectivity index (χ3v) is 22.1. The number of phosphoric ester groups is 2. The summed E-state index contributed by atoms with van der Waals surface area (Å²) in [5, 5.41) is 20.8. The average Bonchev–Trinajstić information content (AvgIpc) is 0.905. The van der Waals surface area contributed by atoms with Crippen LogP contribution in [0.5, 0.6) is 0 Å². The predicted octanol–water partition coefficient (Wildman–Crippen LogP) is 29.7. The maximum atomic E-state index is 13.1. The zero-order valence-electron chi connectivity index (χ0n) is 75.5. The number of phosphoric acid groups is 2. The molecule has 0 radical (unpaired) electrons. The molecule has 0 aromatic rings. The summed E-state index contributed by atoms with van der Waals surface area (Å²) in [5.74, 6) is -1.58. The number of esters is 3. The maximum Gasteiger partial charge on any atom is 0.472 e. The van der Waals surface area contributed by atoms with Gasteiger partial charge in [0.25, 0.3) is 0 Å². The SMILES string of the molecule is CC/C=C\C/C=C\C/C=C\C/C=C\C/C=C\CCCCCCCCCCCCCCCCCC(=O)OCC(O)COP(=O)(O)OCC(O)COP(=O)(O)OCC(COC(=O)CCCCCCCCCCCCCCC/C=C\C/C=C\C/C=C\C/C=C\CCCCC)OC(=O)CCCCCCCCC/C=C\C/C=C\C/C=C\C/C=C\CCCCC. The lowest BCUT2D eigenvalue weighted by atomic mass is 10.0. The van der Waals surface area contributed by atoms with Crippen LogP contribution in [0.4, 0.5) is 0 Å². The summed E-state index contributed by atoms with van der Waals surface area (Å²) in [6.45, 7) is 2.56. The van der Waals surface area contributed by atoms with Crippen LogP contribution in [0.15, 0.2) is 158 Å². The molecule has 4 N–H and O–H groups in total. The highest BCUT2D eigenvalue weighted by Crippen LogP contribution is 2.45. The van der Waals surface area contributed by atoms with Crippen molar-refractivity contribution in [3.63, 3.8) is 0 Å². The van der Waals surface area contributed by atoms with Crippen LogP contribution in [0, 0.1) is 0 Å². The zero-order valence-corrected chi connectivity index (χ0v) is 77.3. The van der Waals surface area contributed by atoms with Gasteiger partial charge in [-0.05, 0) is 154 Å². The van der Waals surface area contributed by atoms with E-state index in [-0.39, 0.29) is 19.3 Å². The molecule has 16 nitrogen and oxygen atoms in total. The Morgan fingerprint density at radius 2 is 0.445 bits per heavy atom. The van der Waals surface area contributed by atoms with Crippen molar-refractivity contribution in [2.45, 2.75) is 424 Å². The fourth-order valence-corrected chi connectivity index (χ4v) is 14.6. The lowest BCUT2D eigenvalue weighted by molar-refractivity contribution is -0.161. The molecule has 0 aliphatic rings. The molecule has 0 bridgehead atoms. The second-order valence-corrected chi connectivity index (χ2v) is 34.7. The summed E-state index contributed by atoms with van der Waals surface area (Å²) in [6, 6.07) is 0. The van der Waals surface area contributed by atoms with Crippen molar-refractivity contribution in [2.24, 2.45) is 0 Å². The molecule has 5 atom stereocenters. The number of carbonyl (C=O) groups excluding carboxylic acids is 3. The van der Waals surface area contributed by atoms with Gasteiger partial charge in [-0.3, -0.25) is 32.5 Å². The number of unbranched alkanes of at least 4 members (excludes halogenated alkanes) is 41. The van der Waals surface area contributed by atoms with Gasteiger partial charge in [0.05, 0.1) is 26.4 Å². The summed E-state index contributed by atoms with van der Waals surface area (Å²) in [6.07, 6.45) is 119. The molecule has 684 valence electrons. The van der Waals surface area contributed by atoms with E-state index in [1.54, 1.807) is 0 Å². The molecule has 0 aliphatic heterocycles. The Bertz CT molecular complexity index is 2790. The Labute approximate surface area is 727 Å². The van der Waals surface area contributed by atoms with E-state index in [0.29, 0.717) is 19.3 Å². The van der Waals surface area contributed by atoms with Crippen LogP contribution in [0.3, 0.4) is 0 Å². The molecular weight excluding hydrogens is 1530 g/mol. The van der Waals surface area contributed by atoms with Crippen LogP contribution in [0.1, 0.15) is 406 Å². The molecule has 18 heteroatoms. The topological polar surface area (TPSA) is 231 Å². The summed E-state index contributed by atoms with van der Waals surface area (Å²) >= 11 is 0. The van der Waals surface area contributed by atoms with Gasteiger partial charge in [-0.2, -0.15) is 0 Å². The van der Waals surface area contributed by atoms with E-state index in [2.05, 4.69) is 179 Å². The molecule has 0 aliphatic carbocycles. The molecule has 0 aromatic heterocycles. The molecule has 0 rings (SSSR count). The highest BCUT2D eigenvalue weighted by atomic mass is 31.2. The van der Waals surface area contributed by atoms with Crippen molar-refractivity contribution in [3.05, 3.63) is 158 Å². The second-order valence-electron chi connectivity index (χ2n) is 31.8. The van der Waals surface area contributed by atoms with Crippen molar-refractivity contribution in [2.75, 3.05) is 39.6 Å². The predicted molar refractivity (Wildman–Crippen MR) is 500 cm³/mol. The molecule has 0 aromatic carbocycles. The molecule has 0 fully saturated rings. The number of hydrogen-bond acceptors (Lipinski definition) is 14. The summed E-state index contributed by atoms with van der Waals surface area (Å²) in [4.78, 5) is 59.1. The number of rotatable bonds is 90. The first kappa shape index (κ1) is 114. The van der Waals surface area contributed by atoms with Gasteiger partial charge in [0, 0.05) is 19.3 Å². The average molecular weight is 1710 g/mol. The lowest BCUT2D eigenvalue weighted by Crippen LogP contribution is -2.30. The summed E-state index contributed by atoms with van der Waals surface area (Å²) < 4.78 is 61.6. The van der Waals surface area contributed by atoms with E-state index in [1.165, 1.54) is 180 Å². The van der Waals surface area contributed by atoms with Crippen molar-refractivity contribution in [1.29, 1.82) is 0 Å². The van der Waals surface area contributed by atoms with E-state index in [0.717, 1.165) is 167 Å². The second kappa shape index (κ2) is 92.4. The fraction of sp³-hybridized carbons (Fsp3) is 0.713. The number of allylic oxidation sites excluding steroid dienone is 26. The smallest absolute Gasteiger partial charge is 0.463 e.